The number of nitrogen functional groups attached to an aromatic ring is 1. The molecule has 0 saturated carbocycles. The topological polar surface area (TPSA) is 102 Å². The van der Waals surface area contributed by atoms with Crippen LogP contribution in [0.2, 0.25) is 0 Å². The van der Waals surface area contributed by atoms with Crippen LogP contribution in [-0.2, 0) is 0 Å². The Kier molecular flexibility index (Phi) is 3.99. The maximum absolute atomic E-state index is 10.9. The minimum absolute atomic E-state index is 0.0946. The molecule has 0 aromatic heterocycles. The number of hydrogen-bond acceptors (Lipinski definition) is 4. The van der Waals surface area contributed by atoms with Crippen molar-refractivity contribution in [1.29, 1.82) is 5.41 Å². The number of nitro benzene ring substituents is 1. The number of nitrogens with one attached hydrogen (secondary N) is 1. The molecule has 20 heavy (non-hydrogen) atoms. The van der Waals surface area contributed by atoms with E-state index in [0.717, 1.165) is 0 Å². The van der Waals surface area contributed by atoms with Gasteiger partial charge in [-0.05, 0) is 34.1 Å². The Balaban J connectivity index is 2.43. The number of benzene rings is 2. The molecular weight excluding hydrogens is 326 g/mol. The molecule has 102 valence electrons. The summed E-state index contributed by atoms with van der Waals surface area (Å²) in [6, 6.07) is 11.2. The largest absolute Gasteiger partial charge is 0.455 e. The molecule has 0 fully saturated rings. The van der Waals surface area contributed by atoms with E-state index < -0.39 is 4.92 Å². The van der Waals surface area contributed by atoms with Crippen molar-refractivity contribution in [2.24, 2.45) is 5.73 Å². The van der Waals surface area contributed by atoms with Crippen molar-refractivity contribution in [3.63, 3.8) is 0 Å². The number of nitro groups is 1. The summed E-state index contributed by atoms with van der Waals surface area (Å²) in [7, 11) is 0. The van der Waals surface area contributed by atoms with Gasteiger partial charge in [-0.25, -0.2) is 0 Å². The average molecular weight is 336 g/mol. The summed E-state index contributed by atoms with van der Waals surface area (Å²) in [4.78, 5) is 10.4. The predicted octanol–water partition coefficient (Wildman–Crippen LogP) is 3.43. The monoisotopic (exact) mass is 335 g/mol. The first kappa shape index (κ1) is 14.0. The lowest BCUT2D eigenvalue weighted by Gasteiger charge is -2.11. The maximum Gasteiger partial charge on any atom is 0.287 e. The van der Waals surface area contributed by atoms with Crippen molar-refractivity contribution in [3.05, 3.63) is 62.6 Å². The summed E-state index contributed by atoms with van der Waals surface area (Å²) in [6.07, 6.45) is 0. The van der Waals surface area contributed by atoms with Crippen LogP contribution in [0.25, 0.3) is 0 Å². The van der Waals surface area contributed by atoms with E-state index in [4.69, 9.17) is 15.9 Å². The zero-order valence-electron chi connectivity index (χ0n) is 10.2. The molecule has 2 rings (SSSR count). The number of rotatable bonds is 4. The van der Waals surface area contributed by atoms with E-state index in [9.17, 15) is 10.1 Å². The minimum atomic E-state index is -0.506. The SMILES string of the molecule is N=C(N)c1ccccc1Oc1cccc([N+](=O)[O-])c1Br. The van der Waals surface area contributed by atoms with Crippen LogP contribution >= 0.6 is 15.9 Å². The molecule has 0 unspecified atom stereocenters. The smallest absolute Gasteiger partial charge is 0.287 e. The summed E-state index contributed by atoms with van der Waals surface area (Å²) in [5.74, 6) is 0.510. The van der Waals surface area contributed by atoms with Gasteiger partial charge in [-0.3, -0.25) is 15.5 Å². The molecule has 0 bridgehead atoms. The van der Waals surface area contributed by atoms with Crippen LogP contribution in [0.15, 0.2) is 46.9 Å². The molecule has 0 radical (unpaired) electrons. The third kappa shape index (κ3) is 2.77. The van der Waals surface area contributed by atoms with E-state index in [1.165, 1.54) is 12.1 Å². The standard InChI is InChI=1S/C13H10BrN3O3/c14-12-9(17(18)19)5-3-7-11(12)20-10-6-2-1-4-8(10)13(15)16/h1-7H,(H3,15,16). The van der Waals surface area contributed by atoms with E-state index >= 15 is 0 Å². The van der Waals surface area contributed by atoms with Crippen LogP contribution in [-0.4, -0.2) is 10.8 Å². The van der Waals surface area contributed by atoms with Crippen LogP contribution in [0.4, 0.5) is 5.69 Å². The van der Waals surface area contributed by atoms with E-state index in [2.05, 4.69) is 15.9 Å². The molecule has 0 aliphatic carbocycles. The normalized spacial score (nSPS) is 10.1. The zero-order valence-corrected chi connectivity index (χ0v) is 11.8. The van der Waals surface area contributed by atoms with Crippen molar-refractivity contribution in [2.45, 2.75) is 0 Å². The first-order chi connectivity index (χ1) is 9.50. The summed E-state index contributed by atoms with van der Waals surface area (Å²) < 4.78 is 5.86. The molecule has 0 aliphatic rings. The average Bonchev–Trinajstić information content (AvgIpc) is 2.41. The van der Waals surface area contributed by atoms with Crippen molar-refractivity contribution >= 4 is 27.5 Å². The molecule has 0 heterocycles. The van der Waals surface area contributed by atoms with Gasteiger partial charge in [0.1, 0.15) is 21.8 Å². The zero-order chi connectivity index (χ0) is 14.7. The lowest BCUT2D eigenvalue weighted by atomic mass is 10.2. The number of nitrogens with two attached hydrogens (primary N) is 1. The van der Waals surface area contributed by atoms with Crippen molar-refractivity contribution in [1.82, 2.24) is 0 Å². The maximum atomic E-state index is 10.9. The number of amidine groups is 1. The van der Waals surface area contributed by atoms with E-state index in [-0.39, 0.29) is 21.7 Å². The quantitative estimate of drug-likeness (QED) is 0.386. The Morgan fingerprint density at radius 3 is 2.50 bits per heavy atom. The van der Waals surface area contributed by atoms with Gasteiger partial charge in [0.05, 0.1) is 10.5 Å². The summed E-state index contributed by atoms with van der Waals surface area (Å²) in [5.41, 5.74) is 5.80. The second-order valence-corrected chi connectivity index (χ2v) is 4.65. The fraction of sp³-hybridized carbons (Fsp3) is 0. The third-order valence-corrected chi connectivity index (χ3v) is 3.33. The molecule has 0 amide bonds. The Morgan fingerprint density at radius 2 is 1.85 bits per heavy atom. The first-order valence-corrected chi connectivity index (χ1v) is 6.34. The lowest BCUT2D eigenvalue weighted by molar-refractivity contribution is -0.385. The van der Waals surface area contributed by atoms with Gasteiger partial charge in [0.2, 0.25) is 0 Å². The first-order valence-electron chi connectivity index (χ1n) is 5.55. The molecule has 0 spiro atoms. The van der Waals surface area contributed by atoms with Gasteiger partial charge in [0.15, 0.2) is 0 Å². The van der Waals surface area contributed by atoms with Gasteiger partial charge >= 0.3 is 0 Å². The summed E-state index contributed by atoms with van der Waals surface area (Å²) >= 11 is 3.15. The number of halogens is 1. The number of hydrogen-bond donors (Lipinski definition) is 2. The Hall–Kier alpha value is -2.41. The van der Waals surface area contributed by atoms with Crippen LogP contribution in [0.1, 0.15) is 5.56 Å². The van der Waals surface area contributed by atoms with Crippen LogP contribution in [0, 0.1) is 15.5 Å². The molecule has 0 saturated heterocycles. The molecule has 0 atom stereocenters. The fourth-order valence-corrected chi connectivity index (χ4v) is 2.11. The minimum Gasteiger partial charge on any atom is -0.455 e. The van der Waals surface area contributed by atoms with E-state index in [1.807, 2.05) is 0 Å². The second kappa shape index (κ2) is 5.70. The Labute approximate surface area is 123 Å². The van der Waals surface area contributed by atoms with Gasteiger partial charge in [-0.1, -0.05) is 18.2 Å². The number of para-hydroxylation sites is 1. The molecule has 0 aliphatic heterocycles. The molecular formula is C13H10BrN3O3. The van der Waals surface area contributed by atoms with E-state index in [1.54, 1.807) is 30.3 Å². The Bertz CT molecular complexity index is 688. The molecule has 3 N–H and O–H groups in total. The van der Waals surface area contributed by atoms with Gasteiger partial charge < -0.3 is 10.5 Å². The van der Waals surface area contributed by atoms with Crippen LogP contribution in [0.5, 0.6) is 11.5 Å². The fourth-order valence-electron chi connectivity index (χ4n) is 1.62. The Morgan fingerprint density at radius 1 is 1.20 bits per heavy atom. The molecule has 6 nitrogen and oxygen atoms in total. The number of nitrogens with zero attached hydrogens (tertiary/aromatic N) is 1. The van der Waals surface area contributed by atoms with Gasteiger partial charge in [-0.2, -0.15) is 0 Å². The van der Waals surface area contributed by atoms with Gasteiger partial charge in [0.25, 0.3) is 5.69 Å². The van der Waals surface area contributed by atoms with Crippen molar-refractivity contribution in [3.8, 4) is 11.5 Å². The van der Waals surface area contributed by atoms with E-state index in [0.29, 0.717) is 11.3 Å². The molecule has 2 aromatic rings. The van der Waals surface area contributed by atoms with Crippen molar-refractivity contribution < 1.29 is 9.66 Å². The molecule has 7 heteroatoms. The van der Waals surface area contributed by atoms with Crippen LogP contribution < -0.4 is 10.5 Å². The highest BCUT2D eigenvalue weighted by Gasteiger charge is 2.17. The predicted molar refractivity (Wildman–Crippen MR) is 78.3 cm³/mol. The third-order valence-electron chi connectivity index (χ3n) is 2.54. The summed E-state index contributed by atoms with van der Waals surface area (Å²) in [6.45, 7) is 0. The highest BCUT2D eigenvalue weighted by atomic mass is 79.9. The summed E-state index contributed by atoms with van der Waals surface area (Å²) in [5, 5.41) is 18.4. The molecule has 2 aromatic carbocycles. The van der Waals surface area contributed by atoms with Crippen molar-refractivity contribution in [2.75, 3.05) is 0 Å². The van der Waals surface area contributed by atoms with Crippen LogP contribution in [0.3, 0.4) is 0 Å². The highest BCUT2D eigenvalue weighted by molar-refractivity contribution is 9.10. The lowest BCUT2D eigenvalue weighted by Crippen LogP contribution is -2.12. The number of ether oxygens (including phenoxy) is 1. The van der Waals surface area contributed by atoms with Gasteiger partial charge in [-0.15, -0.1) is 0 Å². The van der Waals surface area contributed by atoms with Gasteiger partial charge in [0, 0.05) is 6.07 Å². The highest BCUT2D eigenvalue weighted by Crippen LogP contribution is 2.37. The second-order valence-electron chi connectivity index (χ2n) is 3.86.